The van der Waals surface area contributed by atoms with Crippen LogP contribution in [0.3, 0.4) is 0 Å². The van der Waals surface area contributed by atoms with Crippen molar-refractivity contribution in [3.63, 3.8) is 0 Å². The molecule has 1 aliphatic heterocycles. The maximum atomic E-state index is 3.35. The molecular weight excluding hydrogens is 146 g/mol. The smallest absolute Gasteiger partial charge is 0.000825 e. The zero-order chi connectivity index (χ0) is 8.23. The molecule has 0 aromatic carbocycles. The highest BCUT2D eigenvalue weighted by Crippen LogP contribution is 2.29. The van der Waals surface area contributed by atoms with E-state index in [-0.39, 0.29) is 0 Å². The summed E-state index contributed by atoms with van der Waals surface area (Å²) < 4.78 is 0. The first-order valence-electron chi connectivity index (χ1n) is 5.66. The van der Waals surface area contributed by atoms with Crippen molar-refractivity contribution in [2.45, 2.75) is 44.9 Å². The quantitative estimate of drug-likeness (QED) is 0.681. The van der Waals surface area contributed by atoms with Gasteiger partial charge in [0.15, 0.2) is 0 Å². The van der Waals surface area contributed by atoms with Gasteiger partial charge in [-0.05, 0) is 31.3 Å². The third kappa shape index (κ3) is 2.22. The van der Waals surface area contributed by atoms with E-state index >= 15 is 0 Å². The zero-order valence-electron chi connectivity index (χ0n) is 8.02. The van der Waals surface area contributed by atoms with Crippen LogP contribution in [0.25, 0.3) is 0 Å². The van der Waals surface area contributed by atoms with Crippen LogP contribution in [-0.4, -0.2) is 13.1 Å². The second-order valence-electron chi connectivity index (χ2n) is 4.61. The third-order valence-corrected chi connectivity index (χ3v) is 3.57. The van der Waals surface area contributed by atoms with Crippen LogP contribution in [0.1, 0.15) is 44.9 Å². The van der Waals surface area contributed by atoms with Crippen molar-refractivity contribution in [3.8, 4) is 0 Å². The zero-order valence-corrected chi connectivity index (χ0v) is 8.02. The van der Waals surface area contributed by atoms with Crippen molar-refractivity contribution >= 4 is 0 Å². The Morgan fingerprint density at radius 2 is 1.50 bits per heavy atom. The Morgan fingerprint density at radius 1 is 0.833 bits per heavy atom. The van der Waals surface area contributed by atoms with Crippen LogP contribution < -0.4 is 5.32 Å². The molecule has 0 aromatic heterocycles. The highest BCUT2D eigenvalue weighted by molar-refractivity contribution is 4.76. The standard InChI is InChI=1S/C11H21N/c1-2-4-10(5-3-1)6-7-11-8-12-9-11/h10-12H,1-9H2. The molecule has 0 radical (unpaired) electrons. The molecule has 0 atom stereocenters. The monoisotopic (exact) mass is 167 g/mol. The lowest BCUT2D eigenvalue weighted by Crippen LogP contribution is -2.42. The van der Waals surface area contributed by atoms with Crippen molar-refractivity contribution in [2.24, 2.45) is 11.8 Å². The maximum absolute atomic E-state index is 3.35. The van der Waals surface area contributed by atoms with Gasteiger partial charge in [-0.2, -0.15) is 0 Å². The second-order valence-corrected chi connectivity index (χ2v) is 4.61. The summed E-state index contributed by atoms with van der Waals surface area (Å²) in [5, 5.41) is 3.35. The van der Waals surface area contributed by atoms with Crippen LogP contribution in [0, 0.1) is 11.8 Å². The van der Waals surface area contributed by atoms with Crippen LogP contribution in [0.5, 0.6) is 0 Å². The van der Waals surface area contributed by atoms with Crippen LogP contribution in [-0.2, 0) is 0 Å². The Kier molecular flexibility index (Phi) is 3.04. The van der Waals surface area contributed by atoms with E-state index in [2.05, 4.69) is 5.32 Å². The van der Waals surface area contributed by atoms with Crippen molar-refractivity contribution in [2.75, 3.05) is 13.1 Å². The summed E-state index contributed by atoms with van der Waals surface area (Å²) in [4.78, 5) is 0. The van der Waals surface area contributed by atoms with E-state index in [0.29, 0.717) is 0 Å². The van der Waals surface area contributed by atoms with Crippen molar-refractivity contribution in [1.29, 1.82) is 0 Å². The van der Waals surface area contributed by atoms with E-state index in [1.165, 1.54) is 58.0 Å². The molecule has 1 nitrogen and oxygen atoms in total. The molecule has 70 valence electrons. The molecule has 1 saturated carbocycles. The number of rotatable bonds is 3. The van der Waals surface area contributed by atoms with E-state index < -0.39 is 0 Å². The average Bonchev–Trinajstić information content (AvgIpc) is 2.04. The topological polar surface area (TPSA) is 12.0 Å². The molecule has 1 saturated heterocycles. The SMILES string of the molecule is C1CCC(CCC2CNC2)CC1. The van der Waals surface area contributed by atoms with Gasteiger partial charge in [-0.1, -0.05) is 38.5 Å². The Balaban J connectivity index is 1.58. The first kappa shape index (κ1) is 8.55. The predicted octanol–water partition coefficient (Wildman–Crippen LogP) is 2.57. The van der Waals surface area contributed by atoms with E-state index in [1.807, 2.05) is 0 Å². The van der Waals surface area contributed by atoms with Gasteiger partial charge in [-0.15, -0.1) is 0 Å². The van der Waals surface area contributed by atoms with Crippen LogP contribution in [0.15, 0.2) is 0 Å². The molecule has 1 heteroatoms. The molecule has 2 rings (SSSR count). The van der Waals surface area contributed by atoms with E-state index in [9.17, 15) is 0 Å². The Bertz CT molecular complexity index is 123. The number of hydrogen-bond acceptors (Lipinski definition) is 1. The molecular formula is C11H21N. The van der Waals surface area contributed by atoms with Gasteiger partial charge in [-0.25, -0.2) is 0 Å². The summed E-state index contributed by atoms with van der Waals surface area (Å²) in [5.41, 5.74) is 0. The van der Waals surface area contributed by atoms with Crippen molar-refractivity contribution in [1.82, 2.24) is 5.32 Å². The summed E-state index contributed by atoms with van der Waals surface area (Å²) in [6.45, 7) is 2.60. The lowest BCUT2D eigenvalue weighted by Gasteiger charge is -2.29. The summed E-state index contributed by atoms with van der Waals surface area (Å²) in [6, 6.07) is 0. The Hall–Kier alpha value is -0.0400. The summed E-state index contributed by atoms with van der Waals surface area (Å²) in [5.74, 6) is 2.13. The lowest BCUT2D eigenvalue weighted by molar-refractivity contribution is 0.265. The molecule has 0 bridgehead atoms. The first-order chi connectivity index (χ1) is 5.95. The maximum Gasteiger partial charge on any atom is -0.000825 e. The minimum Gasteiger partial charge on any atom is -0.316 e. The predicted molar refractivity (Wildman–Crippen MR) is 52.2 cm³/mol. The van der Waals surface area contributed by atoms with Gasteiger partial charge >= 0.3 is 0 Å². The molecule has 1 aliphatic carbocycles. The van der Waals surface area contributed by atoms with E-state index in [0.717, 1.165) is 11.8 Å². The minimum atomic E-state index is 1.03. The molecule has 2 fully saturated rings. The summed E-state index contributed by atoms with van der Waals surface area (Å²) in [6.07, 6.45) is 10.6. The number of nitrogens with one attached hydrogen (secondary N) is 1. The van der Waals surface area contributed by atoms with Gasteiger partial charge < -0.3 is 5.32 Å². The molecule has 0 amide bonds. The third-order valence-electron chi connectivity index (χ3n) is 3.57. The minimum absolute atomic E-state index is 1.03. The fraction of sp³-hybridized carbons (Fsp3) is 1.00. The fourth-order valence-electron chi connectivity index (χ4n) is 2.50. The molecule has 12 heavy (non-hydrogen) atoms. The molecule has 2 aliphatic rings. The molecule has 1 N–H and O–H groups in total. The highest BCUT2D eigenvalue weighted by atomic mass is 14.9. The molecule has 1 heterocycles. The first-order valence-corrected chi connectivity index (χ1v) is 5.66. The largest absolute Gasteiger partial charge is 0.316 e. The van der Waals surface area contributed by atoms with E-state index in [1.54, 1.807) is 0 Å². The molecule has 0 spiro atoms. The normalized spacial score (nSPS) is 27.0. The van der Waals surface area contributed by atoms with Crippen LogP contribution in [0.2, 0.25) is 0 Å². The Labute approximate surface area is 75.9 Å². The van der Waals surface area contributed by atoms with Gasteiger partial charge in [0.25, 0.3) is 0 Å². The van der Waals surface area contributed by atoms with Crippen molar-refractivity contribution < 1.29 is 0 Å². The molecule has 0 aromatic rings. The Morgan fingerprint density at radius 3 is 2.08 bits per heavy atom. The number of hydrogen-bond donors (Lipinski definition) is 1. The summed E-state index contributed by atoms with van der Waals surface area (Å²) >= 11 is 0. The fourth-order valence-corrected chi connectivity index (χ4v) is 2.50. The molecule has 0 unspecified atom stereocenters. The van der Waals surface area contributed by atoms with Gasteiger partial charge in [0.05, 0.1) is 0 Å². The lowest BCUT2D eigenvalue weighted by atomic mass is 9.83. The van der Waals surface area contributed by atoms with Crippen LogP contribution >= 0.6 is 0 Å². The second kappa shape index (κ2) is 4.27. The van der Waals surface area contributed by atoms with Gasteiger partial charge in [0.2, 0.25) is 0 Å². The average molecular weight is 167 g/mol. The van der Waals surface area contributed by atoms with Crippen molar-refractivity contribution in [3.05, 3.63) is 0 Å². The van der Waals surface area contributed by atoms with Gasteiger partial charge in [-0.3, -0.25) is 0 Å². The van der Waals surface area contributed by atoms with Crippen LogP contribution in [0.4, 0.5) is 0 Å². The van der Waals surface area contributed by atoms with Gasteiger partial charge in [0.1, 0.15) is 0 Å². The highest BCUT2D eigenvalue weighted by Gasteiger charge is 2.19. The van der Waals surface area contributed by atoms with Gasteiger partial charge in [0, 0.05) is 0 Å². The summed E-state index contributed by atoms with van der Waals surface area (Å²) in [7, 11) is 0. The van der Waals surface area contributed by atoms with E-state index in [4.69, 9.17) is 0 Å².